The zero-order valence-corrected chi connectivity index (χ0v) is 16.8. The number of aryl methyl sites for hydroxylation is 1. The number of hydrogen-bond donors (Lipinski definition) is 0. The van der Waals surface area contributed by atoms with Gasteiger partial charge in [-0.2, -0.15) is 0 Å². The first-order chi connectivity index (χ1) is 12.6. The molecule has 1 unspecified atom stereocenters. The molecule has 0 spiro atoms. The molecule has 0 aromatic carbocycles. The molecule has 0 saturated carbocycles. The molecule has 0 bridgehead atoms. The molecule has 0 radical (unpaired) electrons. The van der Waals surface area contributed by atoms with Crippen LogP contribution in [0.25, 0.3) is 10.2 Å². The summed E-state index contributed by atoms with van der Waals surface area (Å²) >= 11 is 8.05. The Balaban J connectivity index is 1.30. The second-order valence-corrected chi connectivity index (χ2v) is 8.98. The van der Waals surface area contributed by atoms with Gasteiger partial charge in [0, 0.05) is 37.5 Å². The minimum atomic E-state index is 0.332. The van der Waals surface area contributed by atoms with E-state index in [0.29, 0.717) is 23.4 Å². The molecule has 140 valence electrons. The summed E-state index contributed by atoms with van der Waals surface area (Å²) in [6, 6.07) is 0. The minimum absolute atomic E-state index is 0.332. The molecule has 0 N–H and O–H groups in total. The Bertz CT molecular complexity index is 800. The number of rotatable bonds is 4. The molecule has 2 aromatic heterocycles. The lowest BCUT2D eigenvalue weighted by Crippen LogP contribution is -2.47. The van der Waals surface area contributed by atoms with E-state index in [1.165, 1.54) is 16.9 Å². The maximum Gasteiger partial charge on any atom is 0.222 e. The van der Waals surface area contributed by atoms with Gasteiger partial charge in [-0.25, -0.2) is 9.97 Å². The fraction of sp³-hybridized carbons (Fsp3) is 0.632. The average Bonchev–Trinajstić information content (AvgIpc) is 3.01. The number of piperazine rings is 1. The highest BCUT2D eigenvalue weighted by molar-refractivity contribution is 7.19. The van der Waals surface area contributed by atoms with Gasteiger partial charge in [-0.3, -0.25) is 4.79 Å². The fourth-order valence-electron chi connectivity index (χ4n) is 4.14. The average molecular weight is 393 g/mol. The van der Waals surface area contributed by atoms with Crippen LogP contribution in [0.4, 0.5) is 0 Å². The summed E-state index contributed by atoms with van der Waals surface area (Å²) in [6.45, 7) is 3.75. The van der Waals surface area contributed by atoms with E-state index in [1.54, 1.807) is 17.7 Å². The Morgan fingerprint density at radius 1 is 1.31 bits per heavy atom. The number of aromatic nitrogens is 2. The molecule has 1 amide bonds. The van der Waals surface area contributed by atoms with Crippen molar-refractivity contribution < 1.29 is 4.79 Å². The van der Waals surface area contributed by atoms with Gasteiger partial charge < -0.3 is 9.80 Å². The van der Waals surface area contributed by atoms with Crippen LogP contribution in [-0.2, 0) is 17.6 Å². The Hall–Kier alpha value is -1.24. The van der Waals surface area contributed by atoms with Gasteiger partial charge in [-0.05, 0) is 50.6 Å². The molecular formula is C19H25ClN4OS. The summed E-state index contributed by atoms with van der Waals surface area (Å²) in [5, 5.41) is 1.65. The zero-order chi connectivity index (χ0) is 18.1. The molecule has 1 aliphatic heterocycles. The van der Waals surface area contributed by atoms with Crippen LogP contribution in [0.3, 0.4) is 0 Å². The van der Waals surface area contributed by atoms with E-state index in [-0.39, 0.29) is 0 Å². The van der Waals surface area contributed by atoms with Crippen LogP contribution in [-0.4, -0.2) is 58.9 Å². The molecule has 26 heavy (non-hydrogen) atoms. The molecular weight excluding hydrogens is 368 g/mol. The lowest BCUT2D eigenvalue weighted by atomic mass is 9.85. The lowest BCUT2D eigenvalue weighted by molar-refractivity contribution is -0.132. The van der Waals surface area contributed by atoms with Crippen LogP contribution >= 0.6 is 22.9 Å². The summed E-state index contributed by atoms with van der Waals surface area (Å²) in [4.78, 5) is 27.7. The van der Waals surface area contributed by atoms with Crippen molar-refractivity contribution in [2.45, 2.75) is 38.5 Å². The maximum absolute atomic E-state index is 12.4. The normalized spacial score (nSPS) is 21.2. The second kappa shape index (κ2) is 7.79. The highest BCUT2D eigenvalue weighted by atomic mass is 35.5. The van der Waals surface area contributed by atoms with Crippen molar-refractivity contribution in [3.8, 4) is 0 Å². The molecule has 2 aliphatic rings. The number of halogens is 1. The first kappa shape index (κ1) is 18.1. The monoisotopic (exact) mass is 392 g/mol. The van der Waals surface area contributed by atoms with Crippen molar-refractivity contribution in [2.24, 2.45) is 5.92 Å². The number of likely N-dealkylation sites (N-methyl/N-ethyl adjacent to an activating group) is 1. The number of hydrogen-bond acceptors (Lipinski definition) is 5. The van der Waals surface area contributed by atoms with Gasteiger partial charge in [0.2, 0.25) is 5.91 Å². The predicted octanol–water partition coefficient (Wildman–Crippen LogP) is 3.39. The molecule has 1 atom stereocenters. The standard InChI is InChI=1S/C19H25ClN4OS/c1-23-7-9-24(10-8-23)16(25)4-2-3-13-5-6-14-15(11-13)26-19-17(14)18(20)21-12-22-19/h12-13H,2-11H2,1H3. The number of nitrogens with zero attached hydrogens (tertiary/aromatic N) is 4. The summed E-state index contributed by atoms with van der Waals surface area (Å²) in [5.41, 5.74) is 1.36. The van der Waals surface area contributed by atoms with Crippen molar-refractivity contribution >= 4 is 39.1 Å². The molecule has 5 nitrogen and oxygen atoms in total. The zero-order valence-electron chi connectivity index (χ0n) is 15.2. The van der Waals surface area contributed by atoms with Crippen molar-refractivity contribution in [1.82, 2.24) is 19.8 Å². The van der Waals surface area contributed by atoms with E-state index >= 15 is 0 Å². The van der Waals surface area contributed by atoms with Crippen molar-refractivity contribution in [3.63, 3.8) is 0 Å². The topological polar surface area (TPSA) is 49.3 Å². The van der Waals surface area contributed by atoms with Crippen molar-refractivity contribution in [3.05, 3.63) is 21.9 Å². The van der Waals surface area contributed by atoms with Crippen LogP contribution in [0.15, 0.2) is 6.33 Å². The van der Waals surface area contributed by atoms with Gasteiger partial charge in [-0.1, -0.05) is 11.6 Å². The maximum atomic E-state index is 12.4. The van der Waals surface area contributed by atoms with Gasteiger partial charge in [0.15, 0.2) is 0 Å². The summed E-state index contributed by atoms with van der Waals surface area (Å²) in [7, 11) is 2.12. The Morgan fingerprint density at radius 3 is 2.92 bits per heavy atom. The number of carbonyl (C=O) groups excluding carboxylic acids is 1. The second-order valence-electron chi connectivity index (χ2n) is 7.53. The van der Waals surface area contributed by atoms with E-state index in [9.17, 15) is 4.79 Å². The van der Waals surface area contributed by atoms with Gasteiger partial charge in [0.05, 0.1) is 5.39 Å². The summed E-state index contributed by atoms with van der Waals surface area (Å²) in [6.07, 6.45) is 7.69. The van der Waals surface area contributed by atoms with E-state index in [0.717, 1.165) is 62.1 Å². The third-order valence-corrected chi connectivity index (χ3v) is 7.21. The highest BCUT2D eigenvalue weighted by Gasteiger charge is 2.25. The first-order valence-corrected chi connectivity index (χ1v) is 10.7. The highest BCUT2D eigenvalue weighted by Crippen LogP contribution is 2.40. The van der Waals surface area contributed by atoms with Crippen LogP contribution in [0, 0.1) is 5.92 Å². The van der Waals surface area contributed by atoms with Gasteiger partial charge in [0.1, 0.15) is 16.3 Å². The van der Waals surface area contributed by atoms with E-state index < -0.39 is 0 Å². The van der Waals surface area contributed by atoms with Crippen LogP contribution < -0.4 is 0 Å². The van der Waals surface area contributed by atoms with Crippen LogP contribution in [0.1, 0.15) is 36.1 Å². The summed E-state index contributed by atoms with van der Waals surface area (Å²) in [5.74, 6) is 1.00. The predicted molar refractivity (Wildman–Crippen MR) is 106 cm³/mol. The third kappa shape index (κ3) is 3.73. The van der Waals surface area contributed by atoms with E-state index in [1.807, 2.05) is 4.90 Å². The number of fused-ring (bicyclic) bond motifs is 3. The van der Waals surface area contributed by atoms with Crippen LogP contribution in [0.5, 0.6) is 0 Å². The van der Waals surface area contributed by atoms with Crippen molar-refractivity contribution in [2.75, 3.05) is 33.2 Å². The molecule has 1 fully saturated rings. The van der Waals surface area contributed by atoms with Crippen molar-refractivity contribution in [1.29, 1.82) is 0 Å². The van der Waals surface area contributed by atoms with E-state index in [4.69, 9.17) is 11.6 Å². The number of carbonyl (C=O) groups is 1. The van der Waals surface area contributed by atoms with Crippen LogP contribution in [0.2, 0.25) is 5.15 Å². The molecule has 1 saturated heterocycles. The Labute approximate surface area is 163 Å². The number of thiophene rings is 1. The Morgan fingerprint density at radius 2 is 2.12 bits per heavy atom. The first-order valence-electron chi connectivity index (χ1n) is 9.49. The lowest BCUT2D eigenvalue weighted by Gasteiger charge is -2.32. The Kier molecular flexibility index (Phi) is 5.43. The van der Waals surface area contributed by atoms with Gasteiger partial charge >= 0.3 is 0 Å². The quantitative estimate of drug-likeness (QED) is 0.748. The van der Waals surface area contributed by atoms with Gasteiger partial charge in [-0.15, -0.1) is 11.3 Å². The SMILES string of the molecule is CN1CCN(C(=O)CCCC2CCc3c(sc4ncnc(Cl)c34)C2)CC1. The van der Waals surface area contributed by atoms with E-state index in [2.05, 4.69) is 21.9 Å². The largest absolute Gasteiger partial charge is 0.340 e. The molecule has 7 heteroatoms. The molecule has 3 heterocycles. The summed E-state index contributed by atoms with van der Waals surface area (Å²) < 4.78 is 0. The molecule has 1 aliphatic carbocycles. The van der Waals surface area contributed by atoms with Gasteiger partial charge in [0.25, 0.3) is 0 Å². The minimum Gasteiger partial charge on any atom is -0.340 e. The smallest absolute Gasteiger partial charge is 0.222 e. The molecule has 4 rings (SSSR count). The fourth-order valence-corrected chi connectivity index (χ4v) is 5.75. The third-order valence-electron chi connectivity index (χ3n) is 5.76. The molecule has 2 aromatic rings. The number of amides is 1.